The molecule has 0 radical (unpaired) electrons. The van der Waals surface area contributed by atoms with Crippen LogP contribution in [0.5, 0.6) is 0 Å². The lowest BCUT2D eigenvalue weighted by atomic mass is 10.2. The van der Waals surface area contributed by atoms with Gasteiger partial charge in [-0.3, -0.25) is 19.1 Å². The molecule has 0 aliphatic heterocycles. The number of carbonyl (C=O) groups excluding carboxylic acids is 1. The molecule has 0 aliphatic carbocycles. The van der Waals surface area contributed by atoms with Gasteiger partial charge in [-0.25, -0.2) is 9.48 Å². The number of hydrogen-bond donors (Lipinski definition) is 2. The summed E-state index contributed by atoms with van der Waals surface area (Å²) in [6, 6.07) is 0. The van der Waals surface area contributed by atoms with Crippen molar-refractivity contribution in [2.75, 3.05) is 36.6 Å². The lowest BCUT2D eigenvalue weighted by Gasteiger charge is -2.24. The molecule has 0 bridgehead atoms. The van der Waals surface area contributed by atoms with Gasteiger partial charge in [0.1, 0.15) is 5.82 Å². The van der Waals surface area contributed by atoms with Gasteiger partial charge in [0.15, 0.2) is 5.69 Å². The maximum atomic E-state index is 12.9. The van der Waals surface area contributed by atoms with Crippen LogP contribution in [0, 0.1) is 5.92 Å². The molecule has 0 unspecified atom stereocenters. The number of aromatic amines is 1. The first-order valence-electron chi connectivity index (χ1n) is 8.53. The fourth-order valence-electron chi connectivity index (χ4n) is 2.48. The van der Waals surface area contributed by atoms with Gasteiger partial charge in [-0.05, 0) is 16.3 Å². The highest BCUT2D eigenvalue weighted by atomic mass is 32.2. The Kier molecular flexibility index (Phi) is 7.34. The molecule has 28 heavy (non-hydrogen) atoms. The van der Waals surface area contributed by atoms with Gasteiger partial charge in [0, 0.05) is 27.2 Å². The van der Waals surface area contributed by atoms with Gasteiger partial charge in [-0.15, -0.1) is 5.10 Å². The molecule has 0 spiro atoms. The van der Waals surface area contributed by atoms with E-state index in [0.29, 0.717) is 11.7 Å². The maximum Gasteiger partial charge on any atom is 0.330 e. The highest BCUT2D eigenvalue weighted by Crippen LogP contribution is 2.20. The second kappa shape index (κ2) is 9.50. The Bertz CT molecular complexity index is 935. The second-order valence-corrected chi connectivity index (χ2v) is 7.35. The van der Waals surface area contributed by atoms with Gasteiger partial charge in [0.25, 0.3) is 5.56 Å². The standard InChI is InChI=1S/C15H24N8O4S/c1-9(2)7-23-12(16)11(13(25)17-14(23)26)22(5-6-27-4)10(24)8-28-15-18-19-20-21(15)3/h9H,5-8,16H2,1-4H3,(H,17,25,26). The van der Waals surface area contributed by atoms with E-state index in [0.717, 1.165) is 11.8 Å². The number of nitrogen functional groups attached to an aromatic ring is 1. The highest BCUT2D eigenvalue weighted by Gasteiger charge is 2.25. The van der Waals surface area contributed by atoms with E-state index in [1.165, 1.54) is 21.3 Å². The molecule has 0 aliphatic rings. The van der Waals surface area contributed by atoms with Gasteiger partial charge in [-0.1, -0.05) is 25.6 Å². The average Bonchev–Trinajstić information content (AvgIpc) is 3.04. The fraction of sp³-hybridized carbons (Fsp3) is 0.600. The minimum Gasteiger partial charge on any atom is -0.383 e. The van der Waals surface area contributed by atoms with Gasteiger partial charge in [0.2, 0.25) is 11.1 Å². The molecule has 2 aromatic rings. The van der Waals surface area contributed by atoms with Crippen molar-refractivity contribution in [3.8, 4) is 0 Å². The van der Waals surface area contributed by atoms with Crippen molar-refractivity contribution in [1.29, 1.82) is 0 Å². The van der Waals surface area contributed by atoms with Gasteiger partial charge >= 0.3 is 5.69 Å². The van der Waals surface area contributed by atoms with Crippen molar-refractivity contribution < 1.29 is 9.53 Å². The fourth-order valence-corrected chi connectivity index (χ4v) is 3.20. The molecule has 0 saturated carbocycles. The average molecular weight is 412 g/mol. The van der Waals surface area contributed by atoms with Crippen molar-refractivity contribution in [1.82, 2.24) is 29.8 Å². The zero-order valence-electron chi connectivity index (χ0n) is 16.2. The first-order valence-corrected chi connectivity index (χ1v) is 9.51. The number of methoxy groups -OCH3 is 1. The maximum absolute atomic E-state index is 12.9. The predicted octanol–water partition coefficient (Wildman–Crippen LogP) is -0.930. The Balaban J connectivity index is 2.38. The summed E-state index contributed by atoms with van der Waals surface area (Å²) in [5, 5.41) is 11.5. The van der Waals surface area contributed by atoms with Crippen molar-refractivity contribution in [3.63, 3.8) is 0 Å². The van der Waals surface area contributed by atoms with Crippen LogP contribution >= 0.6 is 11.8 Å². The molecular weight excluding hydrogens is 388 g/mol. The molecule has 0 atom stereocenters. The Morgan fingerprint density at radius 1 is 1.39 bits per heavy atom. The summed E-state index contributed by atoms with van der Waals surface area (Å²) in [5.41, 5.74) is 4.72. The van der Waals surface area contributed by atoms with Crippen molar-refractivity contribution in [3.05, 3.63) is 20.8 Å². The number of amides is 1. The molecule has 0 aromatic carbocycles. The summed E-state index contributed by atoms with van der Waals surface area (Å²) < 4.78 is 7.74. The van der Waals surface area contributed by atoms with Gasteiger partial charge < -0.3 is 15.4 Å². The zero-order valence-corrected chi connectivity index (χ0v) is 17.0. The molecule has 12 nitrogen and oxygen atoms in total. The Morgan fingerprint density at radius 3 is 2.68 bits per heavy atom. The summed E-state index contributed by atoms with van der Waals surface area (Å²) in [4.78, 5) is 40.9. The van der Waals surface area contributed by atoms with Crippen molar-refractivity contribution in [2.24, 2.45) is 13.0 Å². The van der Waals surface area contributed by atoms with E-state index in [4.69, 9.17) is 10.5 Å². The first-order chi connectivity index (χ1) is 13.3. The number of thioether (sulfide) groups is 1. The Labute approximate surface area is 165 Å². The minimum atomic E-state index is -0.725. The number of nitrogens with two attached hydrogens (primary N) is 1. The normalized spacial score (nSPS) is 11.2. The summed E-state index contributed by atoms with van der Waals surface area (Å²) in [6.07, 6.45) is 0. The van der Waals surface area contributed by atoms with E-state index in [-0.39, 0.29) is 36.3 Å². The molecule has 0 fully saturated rings. The number of H-pyrrole nitrogens is 1. The number of ether oxygens (including phenoxy) is 1. The van der Waals surface area contributed by atoms with Crippen LogP contribution in [0.3, 0.4) is 0 Å². The molecule has 2 heterocycles. The number of aromatic nitrogens is 6. The van der Waals surface area contributed by atoms with Crippen LogP contribution in [0.2, 0.25) is 0 Å². The van der Waals surface area contributed by atoms with E-state index < -0.39 is 17.2 Å². The van der Waals surface area contributed by atoms with E-state index in [1.807, 2.05) is 13.8 Å². The van der Waals surface area contributed by atoms with Crippen LogP contribution in [0.1, 0.15) is 13.8 Å². The van der Waals surface area contributed by atoms with Crippen LogP contribution in [0.4, 0.5) is 11.5 Å². The zero-order chi connectivity index (χ0) is 20.8. The Morgan fingerprint density at radius 2 is 2.11 bits per heavy atom. The van der Waals surface area contributed by atoms with E-state index in [2.05, 4.69) is 20.5 Å². The minimum absolute atomic E-state index is 0.0277. The molecule has 2 aromatic heterocycles. The molecule has 154 valence electrons. The van der Waals surface area contributed by atoms with E-state index in [1.54, 1.807) is 7.05 Å². The molecule has 3 N–H and O–H groups in total. The molecular formula is C15H24N8O4S. The topological polar surface area (TPSA) is 154 Å². The number of tetrazole rings is 1. The predicted molar refractivity (Wildman–Crippen MR) is 104 cm³/mol. The number of carbonyl (C=O) groups is 1. The molecule has 1 amide bonds. The van der Waals surface area contributed by atoms with Gasteiger partial charge in [-0.2, -0.15) is 0 Å². The van der Waals surface area contributed by atoms with Crippen LogP contribution in [-0.4, -0.2) is 61.7 Å². The number of hydrogen-bond acceptors (Lipinski definition) is 9. The van der Waals surface area contributed by atoms with E-state index in [9.17, 15) is 14.4 Å². The highest BCUT2D eigenvalue weighted by molar-refractivity contribution is 7.99. The third-order valence-corrected chi connectivity index (χ3v) is 4.75. The lowest BCUT2D eigenvalue weighted by molar-refractivity contribution is -0.116. The first kappa shape index (κ1) is 21.6. The largest absolute Gasteiger partial charge is 0.383 e. The molecule has 2 rings (SSSR count). The molecule has 13 heteroatoms. The smallest absolute Gasteiger partial charge is 0.330 e. The van der Waals surface area contributed by atoms with Crippen LogP contribution in [-0.2, 0) is 23.1 Å². The van der Waals surface area contributed by atoms with Crippen LogP contribution in [0.15, 0.2) is 14.7 Å². The lowest BCUT2D eigenvalue weighted by Crippen LogP contribution is -2.43. The summed E-state index contributed by atoms with van der Waals surface area (Å²) in [7, 11) is 3.13. The van der Waals surface area contributed by atoms with Gasteiger partial charge in [0.05, 0.1) is 12.4 Å². The number of nitrogens with zero attached hydrogens (tertiary/aromatic N) is 6. The number of anilines is 2. The summed E-state index contributed by atoms with van der Waals surface area (Å²) >= 11 is 1.12. The van der Waals surface area contributed by atoms with Crippen LogP contribution < -0.4 is 21.9 Å². The Hall–Kier alpha value is -2.67. The molecule has 0 saturated heterocycles. The summed E-state index contributed by atoms with van der Waals surface area (Å²) in [6.45, 7) is 4.41. The summed E-state index contributed by atoms with van der Waals surface area (Å²) in [5.74, 6) is -0.366. The third-order valence-electron chi connectivity index (χ3n) is 3.76. The number of aryl methyl sites for hydroxylation is 1. The van der Waals surface area contributed by atoms with Crippen molar-refractivity contribution >= 4 is 29.2 Å². The van der Waals surface area contributed by atoms with Crippen molar-refractivity contribution in [2.45, 2.75) is 25.5 Å². The SMILES string of the molecule is COCCN(C(=O)CSc1nnnn1C)c1c(N)n(CC(C)C)c(=O)[nH]c1=O. The quantitative estimate of drug-likeness (QED) is 0.497. The number of rotatable bonds is 9. The third kappa shape index (κ3) is 4.98. The van der Waals surface area contributed by atoms with E-state index >= 15 is 0 Å². The van der Waals surface area contributed by atoms with Crippen LogP contribution in [0.25, 0.3) is 0 Å². The number of nitrogens with one attached hydrogen (secondary N) is 1. The monoisotopic (exact) mass is 412 g/mol. The second-order valence-electron chi connectivity index (χ2n) is 6.41.